The normalized spacial score (nSPS) is 17.0. The van der Waals surface area contributed by atoms with Crippen LogP contribution < -0.4 is 9.47 Å². The molecule has 35 heavy (non-hydrogen) atoms. The number of Topliss-reactive ketones (excluding diaryl/α,β-unsaturated/α-hetero) is 1. The number of methoxy groups -OCH3 is 1. The van der Waals surface area contributed by atoms with E-state index in [1.54, 1.807) is 13.2 Å². The molecule has 1 aliphatic rings. The number of rotatable bonds is 13. The first kappa shape index (κ1) is 26.7. The van der Waals surface area contributed by atoms with Gasteiger partial charge in [0.05, 0.1) is 37.9 Å². The third kappa shape index (κ3) is 6.43. The lowest BCUT2D eigenvalue weighted by atomic mass is 9.79. The van der Waals surface area contributed by atoms with Gasteiger partial charge in [-0.15, -0.1) is 0 Å². The molecule has 2 aromatic carbocycles. The van der Waals surface area contributed by atoms with E-state index in [1.807, 2.05) is 6.07 Å². The van der Waals surface area contributed by atoms with E-state index in [1.165, 1.54) is 23.6 Å². The van der Waals surface area contributed by atoms with Crippen LogP contribution in [0.15, 0.2) is 30.3 Å². The molecule has 2 atom stereocenters. The largest absolute Gasteiger partial charge is 0.496 e. The molecule has 0 saturated carbocycles. The summed E-state index contributed by atoms with van der Waals surface area (Å²) < 4.78 is 17.7. The van der Waals surface area contributed by atoms with Crippen LogP contribution in [0.2, 0.25) is 0 Å². The van der Waals surface area contributed by atoms with E-state index in [4.69, 9.17) is 14.2 Å². The van der Waals surface area contributed by atoms with E-state index >= 15 is 0 Å². The molecule has 2 aromatic rings. The number of aliphatic carboxylic acids is 1. The second-order valence-corrected chi connectivity index (χ2v) is 9.20. The first-order valence-corrected chi connectivity index (χ1v) is 12.7. The Morgan fingerprint density at radius 2 is 1.80 bits per heavy atom. The summed E-state index contributed by atoms with van der Waals surface area (Å²) in [6.07, 6.45) is 5.08. The van der Waals surface area contributed by atoms with E-state index in [2.05, 4.69) is 32.0 Å². The molecule has 0 amide bonds. The van der Waals surface area contributed by atoms with Crippen molar-refractivity contribution in [2.24, 2.45) is 5.92 Å². The van der Waals surface area contributed by atoms with Gasteiger partial charge in [-0.05, 0) is 61.4 Å². The SMILES string of the molecule is CCCc1cccc2c1CC(C(=O)O)C(OCCCOc1ccc(C(C)=O)c(OC)c1CCC)C2. The quantitative estimate of drug-likeness (QED) is 0.302. The third-order valence-electron chi connectivity index (χ3n) is 6.68. The number of fused-ring (bicyclic) bond motifs is 1. The highest BCUT2D eigenvalue weighted by Gasteiger charge is 2.35. The zero-order chi connectivity index (χ0) is 25.4. The predicted octanol–water partition coefficient (Wildman–Crippen LogP) is 5.46. The minimum absolute atomic E-state index is 0.0389. The first-order chi connectivity index (χ1) is 16.9. The number of carboxylic acids is 1. The van der Waals surface area contributed by atoms with E-state index in [-0.39, 0.29) is 11.9 Å². The van der Waals surface area contributed by atoms with Crippen molar-refractivity contribution in [1.82, 2.24) is 0 Å². The highest BCUT2D eigenvalue weighted by atomic mass is 16.5. The Labute approximate surface area is 208 Å². The van der Waals surface area contributed by atoms with Gasteiger partial charge in [0.1, 0.15) is 11.5 Å². The second kappa shape index (κ2) is 12.7. The Morgan fingerprint density at radius 1 is 1.03 bits per heavy atom. The Morgan fingerprint density at radius 3 is 2.46 bits per heavy atom. The Kier molecular flexibility index (Phi) is 9.73. The average molecular weight is 483 g/mol. The van der Waals surface area contributed by atoms with Gasteiger partial charge in [-0.2, -0.15) is 0 Å². The number of hydrogen-bond donors (Lipinski definition) is 1. The van der Waals surface area contributed by atoms with E-state index in [0.717, 1.165) is 31.2 Å². The molecule has 0 radical (unpaired) electrons. The molecular formula is C29H38O6. The molecule has 2 unspecified atom stereocenters. The van der Waals surface area contributed by atoms with Crippen LogP contribution in [0.4, 0.5) is 0 Å². The van der Waals surface area contributed by atoms with Crippen LogP contribution in [0, 0.1) is 5.92 Å². The van der Waals surface area contributed by atoms with Crippen molar-refractivity contribution >= 4 is 11.8 Å². The van der Waals surface area contributed by atoms with Crippen LogP contribution in [0.1, 0.15) is 72.6 Å². The van der Waals surface area contributed by atoms with Gasteiger partial charge in [-0.3, -0.25) is 9.59 Å². The summed E-state index contributed by atoms with van der Waals surface area (Å²) in [5, 5.41) is 9.86. The molecule has 0 spiro atoms. The minimum atomic E-state index is -0.801. The van der Waals surface area contributed by atoms with E-state index in [0.29, 0.717) is 49.5 Å². The number of carbonyl (C=O) groups is 2. The van der Waals surface area contributed by atoms with Gasteiger partial charge in [0.2, 0.25) is 0 Å². The van der Waals surface area contributed by atoms with Crippen LogP contribution >= 0.6 is 0 Å². The molecule has 1 N–H and O–H groups in total. The smallest absolute Gasteiger partial charge is 0.309 e. The van der Waals surface area contributed by atoms with Crippen LogP contribution in [0.5, 0.6) is 11.5 Å². The summed E-state index contributed by atoms with van der Waals surface area (Å²) in [6, 6.07) is 9.85. The molecule has 0 aliphatic heterocycles. The zero-order valence-corrected chi connectivity index (χ0v) is 21.4. The fourth-order valence-electron chi connectivity index (χ4n) is 4.99. The Hall–Kier alpha value is -2.86. The maximum Gasteiger partial charge on any atom is 0.309 e. The zero-order valence-electron chi connectivity index (χ0n) is 21.4. The van der Waals surface area contributed by atoms with Gasteiger partial charge in [0.25, 0.3) is 0 Å². The van der Waals surface area contributed by atoms with Gasteiger partial charge in [0.15, 0.2) is 5.78 Å². The van der Waals surface area contributed by atoms with Crippen molar-refractivity contribution in [1.29, 1.82) is 0 Å². The molecule has 0 heterocycles. The summed E-state index contributed by atoms with van der Waals surface area (Å²) in [7, 11) is 1.57. The predicted molar refractivity (Wildman–Crippen MR) is 136 cm³/mol. The third-order valence-corrected chi connectivity index (χ3v) is 6.68. The summed E-state index contributed by atoms with van der Waals surface area (Å²) in [5.74, 6) is -0.0816. The van der Waals surface area contributed by atoms with Crippen molar-refractivity contribution in [2.45, 2.75) is 71.8 Å². The number of hydrogen-bond acceptors (Lipinski definition) is 5. The van der Waals surface area contributed by atoms with Gasteiger partial charge in [-0.25, -0.2) is 0 Å². The van der Waals surface area contributed by atoms with Gasteiger partial charge >= 0.3 is 5.97 Å². The summed E-state index contributed by atoms with van der Waals surface area (Å²) in [5.41, 5.74) is 5.12. The van der Waals surface area contributed by atoms with E-state index < -0.39 is 11.9 Å². The lowest BCUT2D eigenvalue weighted by Crippen LogP contribution is -2.38. The molecule has 0 aromatic heterocycles. The monoisotopic (exact) mass is 482 g/mol. The molecule has 190 valence electrons. The molecular weight excluding hydrogens is 444 g/mol. The number of carbonyl (C=O) groups excluding carboxylic acids is 1. The maximum absolute atomic E-state index is 12.0. The Bertz CT molecular complexity index is 1030. The second-order valence-electron chi connectivity index (χ2n) is 9.20. The number of ether oxygens (including phenoxy) is 3. The summed E-state index contributed by atoms with van der Waals surface area (Å²) >= 11 is 0. The van der Waals surface area contributed by atoms with Crippen molar-refractivity contribution in [3.05, 3.63) is 58.1 Å². The molecule has 3 rings (SSSR count). The van der Waals surface area contributed by atoms with Crippen LogP contribution in [0.25, 0.3) is 0 Å². The van der Waals surface area contributed by atoms with Crippen LogP contribution in [-0.2, 0) is 35.2 Å². The van der Waals surface area contributed by atoms with Crippen molar-refractivity contribution in [3.63, 3.8) is 0 Å². The fraction of sp³-hybridized carbons (Fsp3) is 0.517. The summed E-state index contributed by atoms with van der Waals surface area (Å²) in [6.45, 7) is 6.60. The first-order valence-electron chi connectivity index (χ1n) is 12.7. The lowest BCUT2D eigenvalue weighted by molar-refractivity contribution is -0.148. The molecule has 1 aliphatic carbocycles. The minimum Gasteiger partial charge on any atom is -0.496 e. The maximum atomic E-state index is 12.0. The molecule has 6 nitrogen and oxygen atoms in total. The van der Waals surface area contributed by atoms with Gasteiger partial charge in [0, 0.05) is 12.0 Å². The lowest BCUT2D eigenvalue weighted by Gasteiger charge is -2.32. The Balaban J connectivity index is 1.61. The van der Waals surface area contributed by atoms with E-state index in [9.17, 15) is 14.7 Å². The number of aryl methyl sites for hydroxylation is 1. The number of ketones is 1. The average Bonchev–Trinajstić information content (AvgIpc) is 2.84. The molecule has 0 fully saturated rings. The van der Waals surface area contributed by atoms with Crippen LogP contribution in [-0.4, -0.2) is 43.3 Å². The summed E-state index contributed by atoms with van der Waals surface area (Å²) in [4.78, 5) is 24.0. The number of benzene rings is 2. The molecule has 6 heteroatoms. The van der Waals surface area contributed by atoms with Gasteiger partial charge < -0.3 is 19.3 Å². The fourth-order valence-corrected chi connectivity index (χ4v) is 4.99. The molecule has 0 saturated heterocycles. The topological polar surface area (TPSA) is 82.1 Å². The van der Waals surface area contributed by atoms with Crippen molar-refractivity contribution < 1.29 is 28.9 Å². The highest BCUT2D eigenvalue weighted by Crippen LogP contribution is 2.34. The van der Waals surface area contributed by atoms with Crippen molar-refractivity contribution in [2.75, 3.05) is 20.3 Å². The van der Waals surface area contributed by atoms with Gasteiger partial charge in [-0.1, -0.05) is 44.9 Å². The van der Waals surface area contributed by atoms with Crippen LogP contribution in [0.3, 0.4) is 0 Å². The number of carboxylic acid groups (broad SMARTS) is 1. The van der Waals surface area contributed by atoms with Crippen molar-refractivity contribution in [3.8, 4) is 11.5 Å². The molecule has 0 bridgehead atoms. The standard InChI is InChI=1S/C29H38O6/c1-5-9-20-11-7-12-21-17-27(25(29(31)32)18-24(20)21)35-16-8-15-34-26-14-13-22(19(3)30)28(33-4)23(26)10-6-2/h7,11-14,25,27H,5-6,8-10,15-18H2,1-4H3,(H,31,32). The highest BCUT2D eigenvalue weighted by molar-refractivity contribution is 5.97.